The minimum Gasteiger partial charge on any atom is -0.312 e. The highest BCUT2D eigenvalue weighted by Crippen LogP contribution is 2.30. The molecule has 1 aromatic carbocycles. The minimum atomic E-state index is -3.68. The number of rotatable bonds is 3. The number of carbonyl (C=O) groups is 1. The van der Waals surface area contributed by atoms with E-state index in [1.54, 1.807) is 17.0 Å². The van der Waals surface area contributed by atoms with Crippen LogP contribution < -0.4 is 10.0 Å². The number of nitrogens with zero attached hydrogens (tertiary/aromatic N) is 1. The molecule has 5 nitrogen and oxygen atoms in total. The molecule has 18 heavy (non-hydrogen) atoms. The van der Waals surface area contributed by atoms with Crippen molar-refractivity contribution in [3.05, 3.63) is 23.8 Å². The minimum absolute atomic E-state index is 0.0830. The molecule has 0 radical (unpaired) electrons. The Morgan fingerprint density at radius 2 is 2.17 bits per heavy atom. The Kier molecular flexibility index (Phi) is 3.41. The van der Waals surface area contributed by atoms with Gasteiger partial charge in [0.1, 0.15) is 0 Å². The van der Waals surface area contributed by atoms with Crippen LogP contribution in [0.4, 0.5) is 5.69 Å². The lowest BCUT2D eigenvalue weighted by molar-refractivity contribution is -0.118. The van der Waals surface area contributed by atoms with Gasteiger partial charge in [-0.15, -0.1) is 0 Å². The molecule has 0 aliphatic carbocycles. The Balaban J connectivity index is 2.34. The molecule has 6 heteroatoms. The highest BCUT2D eigenvalue weighted by molar-refractivity contribution is 7.89. The van der Waals surface area contributed by atoms with Crippen molar-refractivity contribution in [2.45, 2.75) is 31.1 Å². The van der Waals surface area contributed by atoms with Crippen LogP contribution in [0.25, 0.3) is 0 Å². The smallest absolute Gasteiger partial charge is 0.238 e. The summed E-state index contributed by atoms with van der Waals surface area (Å²) in [7, 11) is -3.68. The molecule has 98 valence electrons. The summed E-state index contributed by atoms with van der Waals surface area (Å²) in [6.07, 6.45) is 1.99. The van der Waals surface area contributed by atoms with E-state index in [2.05, 4.69) is 0 Å². The van der Waals surface area contributed by atoms with Crippen molar-refractivity contribution in [2.75, 3.05) is 11.4 Å². The fourth-order valence-corrected chi connectivity index (χ4v) is 2.73. The third-order valence-electron chi connectivity index (χ3n) is 3.04. The predicted molar refractivity (Wildman–Crippen MR) is 68.8 cm³/mol. The third kappa shape index (κ3) is 2.39. The second-order valence-electron chi connectivity index (χ2n) is 4.38. The van der Waals surface area contributed by atoms with Crippen LogP contribution in [0.15, 0.2) is 23.1 Å². The van der Waals surface area contributed by atoms with Gasteiger partial charge in [0.25, 0.3) is 0 Å². The van der Waals surface area contributed by atoms with Gasteiger partial charge < -0.3 is 4.90 Å². The predicted octanol–water partition coefficient (Wildman–Crippen LogP) is 1.02. The molecular weight excluding hydrogens is 252 g/mol. The lowest BCUT2D eigenvalue weighted by Crippen LogP contribution is -2.28. The van der Waals surface area contributed by atoms with Gasteiger partial charge >= 0.3 is 0 Å². The lowest BCUT2D eigenvalue weighted by Gasteiger charge is -2.17. The number of amides is 1. The van der Waals surface area contributed by atoms with E-state index in [9.17, 15) is 13.2 Å². The lowest BCUT2D eigenvalue weighted by atomic mass is 10.2. The van der Waals surface area contributed by atoms with E-state index in [1.807, 2.05) is 6.92 Å². The molecule has 1 aliphatic rings. The van der Waals surface area contributed by atoms with E-state index in [-0.39, 0.29) is 10.8 Å². The Bertz CT molecular complexity index is 581. The Morgan fingerprint density at radius 1 is 1.44 bits per heavy atom. The molecule has 1 heterocycles. The highest BCUT2D eigenvalue weighted by atomic mass is 32.2. The molecule has 0 atom stereocenters. The van der Waals surface area contributed by atoms with Gasteiger partial charge in [0, 0.05) is 18.7 Å². The highest BCUT2D eigenvalue weighted by Gasteiger charge is 2.25. The van der Waals surface area contributed by atoms with E-state index >= 15 is 0 Å². The monoisotopic (exact) mass is 268 g/mol. The van der Waals surface area contributed by atoms with Gasteiger partial charge in [-0.1, -0.05) is 6.92 Å². The number of carbonyl (C=O) groups excluding carboxylic acids is 1. The standard InChI is InChI=1S/C12H16N2O3S/c1-2-3-12(15)14-7-6-9-8-10(18(13,16)17)4-5-11(9)14/h4-5,8H,2-3,6-7H2,1H3,(H2,13,16,17). The maximum atomic E-state index is 11.9. The van der Waals surface area contributed by atoms with Gasteiger partial charge in [0.2, 0.25) is 15.9 Å². The Morgan fingerprint density at radius 3 is 2.78 bits per heavy atom. The van der Waals surface area contributed by atoms with Crippen molar-refractivity contribution in [1.29, 1.82) is 0 Å². The molecule has 2 rings (SSSR count). The average molecular weight is 268 g/mol. The maximum absolute atomic E-state index is 11.9. The average Bonchev–Trinajstić information content (AvgIpc) is 2.70. The number of primary sulfonamides is 1. The summed E-state index contributed by atoms with van der Waals surface area (Å²) in [5.41, 5.74) is 1.67. The van der Waals surface area contributed by atoms with Crippen LogP contribution >= 0.6 is 0 Å². The van der Waals surface area contributed by atoms with Crippen LogP contribution in [-0.2, 0) is 21.2 Å². The maximum Gasteiger partial charge on any atom is 0.238 e. The van der Waals surface area contributed by atoms with Crippen LogP contribution in [0.3, 0.4) is 0 Å². The quantitative estimate of drug-likeness (QED) is 0.888. The first-order valence-electron chi connectivity index (χ1n) is 5.89. The molecule has 2 N–H and O–H groups in total. The van der Waals surface area contributed by atoms with Crippen LogP contribution in [0, 0.1) is 0 Å². The zero-order chi connectivity index (χ0) is 13.3. The van der Waals surface area contributed by atoms with Crippen molar-refractivity contribution in [2.24, 2.45) is 5.14 Å². The normalized spacial score (nSPS) is 14.7. The van der Waals surface area contributed by atoms with Crippen molar-refractivity contribution < 1.29 is 13.2 Å². The summed E-state index contributed by atoms with van der Waals surface area (Å²) in [5, 5.41) is 5.08. The summed E-state index contributed by atoms with van der Waals surface area (Å²) in [4.78, 5) is 13.7. The van der Waals surface area contributed by atoms with E-state index in [4.69, 9.17) is 5.14 Å². The molecule has 0 saturated carbocycles. The number of benzene rings is 1. The Hall–Kier alpha value is -1.40. The number of sulfonamides is 1. The first-order chi connectivity index (χ1) is 8.43. The summed E-state index contributed by atoms with van der Waals surface area (Å²) >= 11 is 0. The molecule has 0 saturated heterocycles. The van der Waals surface area contributed by atoms with Crippen LogP contribution in [0.1, 0.15) is 25.3 Å². The van der Waals surface area contributed by atoms with Crippen molar-refractivity contribution in [3.63, 3.8) is 0 Å². The summed E-state index contributed by atoms with van der Waals surface area (Å²) in [6.45, 7) is 2.57. The van der Waals surface area contributed by atoms with Gasteiger partial charge in [0.15, 0.2) is 0 Å². The fourth-order valence-electron chi connectivity index (χ4n) is 2.16. The van der Waals surface area contributed by atoms with E-state index in [0.717, 1.165) is 17.7 Å². The molecule has 0 aromatic heterocycles. The van der Waals surface area contributed by atoms with Gasteiger partial charge in [-0.05, 0) is 36.6 Å². The number of anilines is 1. The molecule has 0 unspecified atom stereocenters. The van der Waals surface area contributed by atoms with E-state index < -0.39 is 10.0 Å². The number of hydrogen-bond acceptors (Lipinski definition) is 3. The Labute approximate surface area is 107 Å². The molecule has 0 spiro atoms. The molecule has 0 bridgehead atoms. The summed E-state index contributed by atoms with van der Waals surface area (Å²) in [6, 6.07) is 4.67. The van der Waals surface area contributed by atoms with Crippen molar-refractivity contribution in [1.82, 2.24) is 0 Å². The van der Waals surface area contributed by atoms with Crippen LogP contribution in [0.2, 0.25) is 0 Å². The molecule has 0 fully saturated rings. The summed E-state index contributed by atoms with van der Waals surface area (Å²) < 4.78 is 22.5. The second-order valence-corrected chi connectivity index (χ2v) is 5.94. The fraction of sp³-hybridized carbons (Fsp3) is 0.417. The SMILES string of the molecule is CCCC(=O)N1CCc2cc(S(N)(=O)=O)ccc21. The molecular formula is C12H16N2O3S. The molecule has 1 aliphatic heterocycles. The van der Waals surface area contributed by atoms with Gasteiger partial charge in [-0.2, -0.15) is 0 Å². The summed E-state index contributed by atoms with van der Waals surface area (Å²) in [5.74, 6) is 0.0830. The zero-order valence-electron chi connectivity index (χ0n) is 10.2. The van der Waals surface area contributed by atoms with E-state index in [0.29, 0.717) is 19.4 Å². The topological polar surface area (TPSA) is 80.5 Å². The first-order valence-corrected chi connectivity index (χ1v) is 7.44. The third-order valence-corrected chi connectivity index (χ3v) is 3.95. The van der Waals surface area contributed by atoms with Crippen LogP contribution in [0.5, 0.6) is 0 Å². The zero-order valence-corrected chi connectivity index (χ0v) is 11.0. The van der Waals surface area contributed by atoms with Gasteiger partial charge in [0.05, 0.1) is 4.90 Å². The van der Waals surface area contributed by atoms with Gasteiger partial charge in [-0.25, -0.2) is 13.6 Å². The largest absolute Gasteiger partial charge is 0.312 e. The molecule has 1 amide bonds. The van der Waals surface area contributed by atoms with Crippen molar-refractivity contribution >= 4 is 21.6 Å². The second kappa shape index (κ2) is 4.70. The van der Waals surface area contributed by atoms with E-state index in [1.165, 1.54) is 6.07 Å². The first kappa shape index (κ1) is 13.0. The number of nitrogens with two attached hydrogens (primary N) is 1. The number of fused-ring (bicyclic) bond motifs is 1. The van der Waals surface area contributed by atoms with Crippen LogP contribution in [-0.4, -0.2) is 20.9 Å². The van der Waals surface area contributed by atoms with Crippen molar-refractivity contribution in [3.8, 4) is 0 Å². The number of hydrogen-bond donors (Lipinski definition) is 1. The molecule has 1 aromatic rings. The van der Waals surface area contributed by atoms with Gasteiger partial charge in [-0.3, -0.25) is 4.79 Å².